The van der Waals surface area contributed by atoms with E-state index in [1.165, 1.54) is 29.7 Å². The molecule has 0 saturated carbocycles. The molecule has 0 fully saturated rings. The number of halogens is 6. The van der Waals surface area contributed by atoms with Crippen molar-refractivity contribution < 1.29 is 45.3 Å². The summed E-state index contributed by atoms with van der Waals surface area (Å²) in [6.45, 7) is 1.94. The highest BCUT2D eigenvalue weighted by molar-refractivity contribution is 7.13. The lowest BCUT2D eigenvalue weighted by molar-refractivity contribution is -0.411. The number of carbonyl (C=O) groups is 1. The summed E-state index contributed by atoms with van der Waals surface area (Å²) in [6, 6.07) is 4.47. The minimum atomic E-state index is -5.59. The molecule has 1 heterocycles. The second kappa shape index (κ2) is 10.4. The molecule has 0 aliphatic carbocycles. The van der Waals surface area contributed by atoms with Gasteiger partial charge in [-0.1, -0.05) is 0 Å². The number of aromatic nitrogens is 1. The second-order valence-electron chi connectivity index (χ2n) is 5.61. The van der Waals surface area contributed by atoms with Gasteiger partial charge in [-0.25, -0.2) is 14.1 Å². The highest BCUT2D eigenvalue weighted by Gasteiger charge is 2.50. The Morgan fingerprint density at radius 3 is 2.55 bits per heavy atom. The molecule has 14 heteroatoms. The Balaban J connectivity index is 1.89. The molecular formula is C17H15F6N3O4S. The molecule has 1 N–H and O–H groups in total. The van der Waals surface area contributed by atoms with Gasteiger partial charge in [-0.3, -0.25) is 10.2 Å². The molecule has 1 atom stereocenters. The normalized spacial score (nSPS) is 13.3. The van der Waals surface area contributed by atoms with Gasteiger partial charge in [0.15, 0.2) is 0 Å². The van der Waals surface area contributed by atoms with E-state index in [1.54, 1.807) is 12.3 Å². The van der Waals surface area contributed by atoms with Crippen LogP contribution in [-0.2, 0) is 20.7 Å². The summed E-state index contributed by atoms with van der Waals surface area (Å²) in [5.41, 5.74) is 3.50. The maximum Gasteiger partial charge on any atom is 0.525 e. The lowest BCUT2D eigenvalue weighted by atomic mass is 10.2. The van der Waals surface area contributed by atoms with Crippen LogP contribution in [0.5, 0.6) is 5.75 Å². The molecule has 1 unspecified atom stereocenters. The fourth-order valence-corrected chi connectivity index (χ4v) is 2.63. The minimum absolute atomic E-state index is 0.00950. The van der Waals surface area contributed by atoms with E-state index >= 15 is 0 Å². The number of thiazole rings is 1. The quantitative estimate of drug-likeness (QED) is 0.238. The summed E-state index contributed by atoms with van der Waals surface area (Å²) in [5, 5.41) is 5.90. The maximum absolute atomic E-state index is 13.4. The molecule has 0 radical (unpaired) electrons. The van der Waals surface area contributed by atoms with Crippen LogP contribution in [0.4, 0.5) is 31.5 Å². The number of benzene rings is 1. The Morgan fingerprint density at radius 2 is 1.94 bits per heavy atom. The van der Waals surface area contributed by atoms with Crippen LogP contribution in [0, 0.1) is 0 Å². The van der Waals surface area contributed by atoms with Crippen molar-refractivity contribution in [2.75, 3.05) is 12.0 Å². The number of carbonyl (C=O) groups excluding carboxylic acids is 1. The second-order valence-corrected chi connectivity index (χ2v) is 6.47. The highest BCUT2D eigenvalue weighted by atomic mass is 32.1. The van der Waals surface area contributed by atoms with Crippen LogP contribution in [-0.4, -0.2) is 42.6 Å². The first kappa shape index (κ1) is 24.4. The van der Waals surface area contributed by atoms with Gasteiger partial charge in [0.05, 0.1) is 24.9 Å². The standard InChI is InChI=1S/C17H15F6N3O4S/c1-2-28-13(27)7-11-9-31-15(25-11)26-24-8-10-3-5-12(6-4-10)29-16(19,20)14(18)30-17(21,22)23/h3-6,8-9,14H,2,7H2,1H3,(H,25,26). The SMILES string of the molecule is CCOC(=O)Cc1csc(NN=Cc2ccc(OC(F)(F)C(F)OC(F)(F)F)cc2)n1. The van der Waals surface area contributed by atoms with Crippen LogP contribution in [0.3, 0.4) is 0 Å². The number of ether oxygens (including phenoxy) is 3. The van der Waals surface area contributed by atoms with Crippen molar-refractivity contribution in [3.05, 3.63) is 40.9 Å². The van der Waals surface area contributed by atoms with Gasteiger partial charge in [-0.2, -0.15) is 13.9 Å². The molecule has 31 heavy (non-hydrogen) atoms. The molecule has 0 saturated heterocycles. The molecule has 7 nitrogen and oxygen atoms in total. The van der Waals surface area contributed by atoms with Crippen molar-refractivity contribution in [1.82, 2.24) is 4.98 Å². The molecule has 1 aromatic carbocycles. The molecule has 0 amide bonds. The molecule has 170 valence electrons. The van der Waals surface area contributed by atoms with Crippen LogP contribution in [0.2, 0.25) is 0 Å². The summed E-state index contributed by atoms with van der Waals surface area (Å²) >= 11 is 1.19. The highest BCUT2D eigenvalue weighted by Crippen LogP contribution is 2.31. The Bertz CT molecular complexity index is 889. The lowest BCUT2D eigenvalue weighted by Gasteiger charge is -2.22. The maximum atomic E-state index is 13.4. The molecule has 2 aromatic rings. The van der Waals surface area contributed by atoms with Crippen LogP contribution < -0.4 is 10.2 Å². The number of alkyl halides is 6. The number of anilines is 1. The molecule has 0 bridgehead atoms. The predicted molar refractivity (Wildman–Crippen MR) is 97.7 cm³/mol. The predicted octanol–water partition coefficient (Wildman–Crippen LogP) is 4.50. The van der Waals surface area contributed by atoms with Gasteiger partial charge in [0.2, 0.25) is 5.13 Å². The van der Waals surface area contributed by atoms with Gasteiger partial charge in [-0.05, 0) is 36.8 Å². The van der Waals surface area contributed by atoms with Crippen LogP contribution >= 0.6 is 11.3 Å². The van der Waals surface area contributed by atoms with Crippen LogP contribution in [0.1, 0.15) is 18.2 Å². The number of hydrogen-bond donors (Lipinski definition) is 1. The van der Waals surface area contributed by atoms with E-state index in [-0.39, 0.29) is 13.0 Å². The average Bonchev–Trinajstić information content (AvgIpc) is 3.09. The summed E-state index contributed by atoms with van der Waals surface area (Å²) < 4.78 is 86.7. The van der Waals surface area contributed by atoms with Gasteiger partial charge >= 0.3 is 24.8 Å². The van der Waals surface area contributed by atoms with E-state index in [0.717, 1.165) is 12.1 Å². The van der Waals surface area contributed by atoms with Gasteiger partial charge in [0.25, 0.3) is 0 Å². The van der Waals surface area contributed by atoms with Gasteiger partial charge < -0.3 is 9.47 Å². The molecule has 2 rings (SSSR count). The fourth-order valence-electron chi connectivity index (χ4n) is 1.97. The first-order valence-electron chi connectivity index (χ1n) is 8.43. The number of nitrogens with one attached hydrogen (secondary N) is 1. The third-order valence-corrected chi connectivity index (χ3v) is 3.99. The summed E-state index contributed by atoms with van der Waals surface area (Å²) in [4.78, 5) is 15.5. The van der Waals surface area contributed by atoms with Crippen molar-refractivity contribution in [3.63, 3.8) is 0 Å². The zero-order valence-electron chi connectivity index (χ0n) is 15.7. The number of esters is 1. The molecule has 0 aliphatic heterocycles. The average molecular weight is 471 g/mol. The third kappa shape index (κ3) is 8.41. The molecular weight excluding hydrogens is 456 g/mol. The number of hydrazone groups is 1. The monoisotopic (exact) mass is 471 g/mol. The number of nitrogens with zero attached hydrogens (tertiary/aromatic N) is 2. The van der Waals surface area contributed by atoms with E-state index in [2.05, 4.69) is 25.0 Å². The van der Waals surface area contributed by atoms with Crippen molar-refractivity contribution in [2.45, 2.75) is 32.2 Å². The van der Waals surface area contributed by atoms with Crippen LogP contribution in [0.25, 0.3) is 0 Å². The van der Waals surface area contributed by atoms with Crippen molar-refractivity contribution >= 4 is 28.7 Å². The van der Waals surface area contributed by atoms with Gasteiger partial charge in [-0.15, -0.1) is 24.5 Å². The molecule has 1 aromatic heterocycles. The summed E-state index contributed by atoms with van der Waals surface area (Å²) in [5.74, 6) is -1.01. The third-order valence-electron chi connectivity index (χ3n) is 3.19. The van der Waals surface area contributed by atoms with Crippen molar-refractivity contribution in [1.29, 1.82) is 0 Å². The van der Waals surface area contributed by atoms with E-state index < -0.39 is 30.5 Å². The Hall–Kier alpha value is -2.87. The van der Waals surface area contributed by atoms with E-state index in [1.807, 2.05) is 0 Å². The Kier molecular flexibility index (Phi) is 8.21. The van der Waals surface area contributed by atoms with Crippen molar-refractivity contribution in [3.8, 4) is 5.75 Å². The van der Waals surface area contributed by atoms with Crippen LogP contribution in [0.15, 0.2) is 34.7 Å². The van der Waals surface area contributed by atoms with Crippen molar-refractivity contribution in [2.24, 2.45) is 5.10 Å². The topological polar surface area (TPSA) is 82.0 Å². The lowest BCUT2D eigenvalue weighted by Crippen LogP contribution is -2.41. The van der Waals surface area contributed by atoms with Gasteiger partial charge in [0.1, 0.15) is 5.75 Å². The van der Waals surface area contributed by atoms with E-state index in [9.17, 15) is 31.1 Å². The first-order valence-corrected chi connectivity index (χ1v) is 9.31. The Morgan fingerprint density at radius 1 is 1.26 bits per heavy atom. The molecule has 0 spiro atoms. The zero-order chi connectivity index (χ0) is 23.1. The fraction of sp³-hybridized carbons (Fsp3) is 0.353. The van der Waals surface area contributed by atoms with E-state index in [0.29, 0.717) is 16.4 Å². The Labute approximate surface area is 175 Å². The molecule has 0 aliphatic rings. The summed E-state index contributed by atoms with van der Waals surface area (Å²) in [7, 11) is 0. The smallest absolute Gasteiger partial charge is 0.466 e. The minimum Gasteiger partial charge on any atom is -0.466 e. The van der Waals surface area contributed by atoms with E-state index in [4.69, 9.17) is 4.74 Å². The first-order chi connectivity index (χ1) is 14.5. The van der Waals surface area contributed by atoms with Gasteiger partial charge in [0, 0.05) is 5.38 Å². The summed E-state index contributed by atoms with van der Waals surface area (Å²) in [6.07, 6.45) is -13.2. The zero-order valence-corrected chi connectivity index (χ0v) is 16.5. The largest absolute Gasteiger partial charge is 0.525 e. The number of rotatable bonds is 10. The number of hydrogen-bond acceptors (Lipinski definition) is 8.